The van der Waals surface area contributed by atoms with E-state index in [-0.39, 0.29) is 5.92 Å². The Balaban J connectivity index is 1.59. The van der Waals surface area contributed by atoms with E-state index in [1.165, 1.54) is 0 Å². The SMILES string of the molecule is CCc1nc2ccc(C(c3ccc(Cl)cc3)c3nccs3)cc2n1CC(O)c1ccc(Cl)cc1. The van der Waals surface area contributed by atoms with Crippen LogP contribution >= 0.6 is 34.5 Å². The van der Waals surface area contributed by atoms with Gasteiger partial charge < -0.3 is 9.67 Å². The van der Waals surface area contributed by atoms with Crippen molar-refractivity contribution in [3.63, 3.8) is 0 Å². The molecule has 0 bridgehead atoms. The first-order valence-electron chi connectivity index (χ1n) is 11.1. The van der Waals surface area contributed by atoms with Crippen LogP contribution in [0.15, 0.2) is 78.3 Å². The maximum Gasteiger partial charge on any atom is 0.109 e. The quantitative estimate of drug-likeness (QED) is 0.251. The van der Waals surface area contributed by atoms with Crippen LogP contribution in [-0.4, -0.2) is 19.6 Å². The number of halogens is 2. The van der Waals surface area contributed by atoms with Crippen molar-refractivity contribution in [2.75, 3.05) is 0 Å². The number of aliphatic hydroxyl groups is 1. The maximum atomic E-state index is 11.0. The number of nitrogens with zero attached hydrogens (tertiary/aromatic N) is 3. The summed E-state index contributed by atoms with van der Waals surface area (Å²) in [7, 11) is 0. The van der Waals surface area contributed by atoms with Gasteiger partial charge in [0.1, 0.15) is 10.8 Å². The monoisotopic (exact) mass is 507 g/mol. The molecule has 7 heteroatoms. The molecule has 0 radical (unpaired) electrons. The molecule has 5 aromatic rings. The Bertz CT molecular complexity index is 1400. The van der Waals surface area contributed by atoms with E-state index in [2.05, 4.69) is 46.8 Å². The third-order valence-electron chi connectivity index (χ3n) is 6.01. The highest BCUT2D eigenvalue weighted by atomic mass is 35.5. The summed E-state index contributed by atoms with van der Waals surface area (Å²) in [5.74, 6) is 0.925. The van der Waals surface area contributed by atoms with Crippen molar-refractivity contribution in [1.29, 1.82) is 0 Å². The largest absolute Gasteiger partial charge is 0.387 e. The minimum atomic E-state index is -0.672. The van der Waals surface area contributed by atoms with E-state index >= 15 is 0 Å². The predicted octanol–water partition coefficient (Wildman–Crippen LogP) is 7.28. The zero-order chi connectivity index (χ0) is 23.7. The van der Waals surface area contributed by atoms with Crippen molar-refractivity contribution in [3.8, 4) is 0 Å². The van der Waals surface area contributed by atoms with Crippen molar-refractivity contribution in [2.45, 2.75) is 31.9 Å². The van der Waals surface area contributed by atoms with Crippen LogP contribution in [0, 0.1) is 0 Å². The average Bonchev–Trinajstić information content (AvgIpc) is 3.49. The van der Waals surface area contributed by atoms with E-state index in [1.807, 2.05) is 35.8 Å². The zero-order valence-electron chi connectivity index (χ0n) is 18.5. The highest BCUT2D eigenvalue weighted by Crippen LogP contribution is 2.35. The predicted molar refractivity (Wildman–Crippen MR) is 140 cm³/mol. The lowest BCUT2D eigenvalue weighted by atomic mass is 9.91. The maximum absolute atomic E-state index is 11.0. The summed E-state index contributed by atoms with van der Waals surface area (Å²) >= 11 is 13.8. The number of aliphatic hydroxyl groups excluding tert-OH is 1. The molecule has 1 N–H and O–H groups in total. The molecule has 172 valence electrons. The average molecular weight is 508 g/mol. The Kier molecular flexibility index (Phi) is 6.70. The number of aryl methyl sites for hydroxylation is 1. The van der Waals surface area contributed by atoms with Crippen LogP contribution in [0.1, 0.15) is 46.5 Å². The number of benzene rings is 3. The smallest absolute Gasteiger partial charge is 0.109 e. The van der Waals surface area contributed by atoms with Crippen LogP contribution in [-0.2, 0) is 13.0 Å². The fraction of sp³-hybridized carbons (Fsp3) is 0.185. The summed E-state index contributed by atoms with van der Waals surface area (Å²) in [5, 5.41) is 15.4. The van der Waals surface area contributed by atoms with Crippen LogP contribution in [0.2, 0.25) is 10.0 Å². The number of hydrogen-bond donors (Lipinski definition) is 1. The van der Waals surface area contributed by atoms with E-state index in [4.69, 9.17) is 28.2 Å². The van der Waals surface area contributed by atoms with E-state index in [9.17, 15) is 5.11 Å². The Morgan fingerprint density at radius 2 is 1.56 bits per heavy atom. The number of thiazole rings is 1. The van der Waals surface area contributed by atoms with Gasteiger partial charge >= 0.3 is 0 Å². The van der Waals surface area contributed by atoms with Gasteiger partial charge in [-0.05, 0) is 53.1 Å². The van der Waals surface area contributed by atoms with E-state index in [0.29, 0.717) is 16.6 Å². The Morgan fingerprint density at radius 1 is 0.912 bits per heavy atom. The van der Waals surface area contributed by atoms with Crippen LogP contribution in [0.4, 0.5) is 0 Å². The molecular weight excluding hydrogens is 485 g/mol. The summed E-state index contributed by atoms with van der Waals surface area (Å²) in [4.78, 5) is 9.46. The lowest BCUT2D eigenvalue weighted by Crippen LogP contribution is -2.11. The molecule has 0 aliphatic rings. The van der Waals surface area contributed by atoms with Gasteiger partial charge in [-0.25, -0.2) is 9.97 Å². The first kappa shape index (κ1) is 23.1. The van der Waals surface area contributed by atoms with Crippen molar-refractivity contribution < 1.29 is 5.11 Å². The Labute approximate surface area is 212 Å². The second kappa shape index (κ2) is 9.88. The molecule has 2 heterocycles. The van der Waals surface area contributed by atoms with E-state index in [0.717, 1.165) is 45.0 Å². The zero-order valence-corrected chi connectivity index (χ0v) is 20.9. The number of hydrogen-bond acceptors (Lipinski definition) is 4. The summed E-state index contributed by atoms with van der Waals surface area (Å²) in [5.41, 5.74) is 4.98. The molecule has 2 unspecified atom stereocenters. The van der Waals surface area contributed by atoms with Crippen LogP contribution in [0.5, 0.6) is 0 Å². The first-order chi connectivity index (χ1) is 16.5. The second-order valence-corrected chi connectivity index (χ2v) is 9.96. The van der Waals surface area contributed by atoms with Gasteiger partial charge in [0.15, 0.2) is 0 Å². The van der Waals surface area contributed by atoms with Gasteiger partial charge in [-0.1, -0.05) is 60.5 Å². The topological polar surface area (TPSA) is 50.9 Å². The molecule has 0 saturated carbocycles. The number of aromatic nitrogens is 3. The highest BCUT2D eigenvalue weighted by Gasteiger charge is 2.22. The minimum absolute atomic E-state index is 0.0173. The lowest BCUT2D eigenvalue weighted by Gasteiger charge is -2.18. The summed E-state index contributed by atoms with van der Waals surface area (Å²) in [6.07, 6.45) is 1.93. The molecule has 4 nitrogen and oxygen atoms in total. The van der Waals surface area contributed by atoms with E-state index < -0.39 is 6.10 Å². The molecule has 0 saturated heterocycles. The molecule has 34 heavy (non-hydrogen) atoms. The molecule has 0 amide bonds. The summed E-state index contributed by atoms with van der Waals surface area (Å²) in [6, 6.07) is 21.6. The molecular formula is C27H23Cl2N3OS. The molecule has 2 aromatic heterocycles. The standard InChI is InChI=1S/C27H23Cl2N3OS/c1-2-25-31-22-12-7-19(26(27-30-13-14-34-27)18-5-10-21(29)11-6-18)15-23(22)32(25)16-24(33)17-3-8-20(28)9-4-17/h3-15,24,26,33H,2,16H2,1H3. The fourth-order valence-electron chi connectivity index (χ4n) is 4.32. The van der Waals surface area contributed by atoms with Gasteiger partial charge in [0, 0.05) is 28.0 Å². The van der Waals surface area contributed by atoms with Gasteiger partial charge in [-0.15, -0.1) is 11.3 Å². The third-order valence-corrected chi connectivity index (χ3v) is 7.36. The van der Waals surface area contributed by atoms with Crippen LogP contribution in [0.25, 0.3) is 11.0 Å². The molecule has 3 aromatic carbocycles. The van der Waals surface area contributed by atoms with Gasteiger partial charge in [0.2, 0.25) is 0 Å². The van der Waals surface area contributed by atoms with Gasteiger partial charge in [-0.2, -0.15) is 0 Å². The fourth-order valence-corrected chi connectivity index (χ4v) is 5.36. The summed E-state index contributed by atoms with van der Waals surface area (Å²) < 4.78 is 2.12. The Hall–Kier alpha value is -2.70. The molecule has 0 aliphatic heterocycles. The van der Waals surface area contributed by atoms with E-state index in [1.54, 1.807) is 23.5 Å². The normalized spacial score (nSPS) is 13.3. The number of fused-ring (bicyclic) bond motifs is 1. The van der Waals surface area contributed by atoms with Crippen molar-refractivity contribution >= 4 is 45.6 Å². The molecule has 2 atom stereocenters. The third kappa shape index (κ3) is 4.62. The highest BCUT2D eigenvalue weighted by molar-refractivity contribution is 7.09. The second-order valence-electron chi connectivity index (χ2n) is 8.16. The number of imidazole rings is 1. The van der Waals surface area contributed by atoms with Crippen LogP contribution in [0.3, 0.4) is 0 Å². The van der Waals surface area contributed by atoms with Crippen molar-refractivity contribution in [2.24, 2.45) is 0 Å². The lowest BCUT2D eigenvalue weighted by molar-refractivity contribution is 0.157. The van der Waals surface area contributed by atoms with Gasteiger partial charge in [-0.3, -0.25) is 0 Å². The first-order valence-corrected chi connectivity index (χ1v) is 12.7. The number of rotatable bonds is 7. The molecule has 0 aliphatic carbocycles. The Morgan fingerprint density at radius 3 is 2.18 bits per heavy atom. The van der Waals surface area contributed by atoms with Crippen molar-refractivity contribution in [3.05, 3.63) is 116 Å². The van der Waals surface area contributed by atoms with Gasteiger partial charge in [0.25, 0.3) is 0 Å². The van der Waals surface area contributed by atoms with Crippen LogP contribution < -0.4 is 0 Å². The molecule has 0 spiro atoms. The van der Waals surface area contributed by atoms with Crippen molar-refractivity contribution in [1.82, 2.24) is 14.5 Å². The molecule has 0 fully saturated rings. The summed E-state index contributed by atoms with van der Waals surface area (Å²) in [6.45, 7) is 2.49. The molecule has 5 rings (SSSR count). The minimum Gasteiger partial charge on any atom is -0.387 e. The van der Waals surface area contributed by atoms with Gasteiger partial charge in [0.05, 0.1) is 29.6 Å².